The molecule has 1 N–H and O–H groups in total. The molecule has 0 saturated carbocycles. The van der Waals surface area contributed by atoms with Gasteiger partial charge in [-0.25, -0.2) is 0 Å². The summed E-state index contributed by atoms with van der Waals surface area (Å²) in [7, 11) is 0. The zero-order valence-corrected chi connectivity index (χ0v) is 17.5. The highest BCUT2D eigenvalue weighted by atomic mass is 79.9. The zero-order chi connectivity index (χ0) is 18.4. The van der Waals surface area contributed by atoms with Gasteiger partial charge in [-0.05, 0) is 50.2 Å². The van der Waals surface area contributed by atoms with Crippen LogP contribution in [0.25, 0.3) is 0 Å². The minimum absolute atomic E-state index is 0.473. The van der Waals surface area contributed by atoms with Crippen molar-refractivity contribution in [3.8, 4) is 5.75 Å². The molecular weight excluding hydrogens is 412 g/mol. The van der Waals surface area contributed by atoms with Gasteiger partial charge in [-0.1, -0.05) is 52.7 Å². The van der Waals surface area contributed by atoms with E-state index < -0.39 is 0 Å². The van der Waals surface area contributed by atoms with Crippen LogP contribution in [0.1, 0.15) is 30.9 Å². The molecule has 140 valence electrons. The molecule has 0 aliphatic carbocycles. The Balaban J connectivity index is 1.59. The predicted molar refractivity (Wildman–Crippen MR) is 112 cm³/mol. The maximum atomic E-state index is 6.23. The summed E-state index contributed by atoms with van der Waals surface area (Å²) in [5, 5.41) is 4.36. The SMILES string of the molecule is CCN1CCCC1CNCc1cc(Br)ccc1OCc1ccccc1Cl. The van der Waals surface area contributed by atoms with E-state index in [9.17, 15) is 0 Å². The van der Waals surface area contributed by atoms with Gasteiger partial charge in [-0.2, -0.15) is 0 Å². The van der Waals surface area contributed by atoms with Crippen molar-refractivity contribution in [2.24, 2.45) is 0 Å². The molecule has 0 spiro atoms. The third-order valence-corrected chi connectivity index (χ3v) is 5.83. The van der Waals surface area contributed by atoms with Crippen LogP contribution >= 0.6 is 27.5 Å². The van der Waals surface area contributed by atoms with E-state index in [1.54, 1.807) is 0 Å². The number of nitrogens with one attached hydrogen (secondary N) is 1. The van der Waals surface area contributed by atoms with E-state index in [0.29, 0.717) is 12.6 Å². The van der Waals surface area contributed by atoms with Crippen LogP contribution < -0.4 is 10.1 Å². The molecule has 5 heteroatoms. The number of likely N-dealkylation sites (N-methyl/N-ethyl adjacent to an activating group) is 1. The lowest BCUT2D eigenvalue weighted by molar-refractivity contribution is 0.259. The van der Waals surface area contributed by atoms with Gasteiger partial charge in [0.1, 0.15) is 12.4 Å². The Bertz CT molecular complexity index is 725. The van der Waals surface area contributed by atoms with E-state index in [2.05, 4.69) is 39.1 Å². The number of hydrogen-bond acceptors (Lipinski definition) is 3. The second-order valence-electron chi connectivity index (χ2n) is 6.69. The maximum Gasteiger partial charge on any atom is 0.124 e. The number of likely N-dealkylation sites (tertiary alicyclic amines) is 1. The van der Waals surface area contributed by atoms with E-state index in [0.717, 1.165) is 46.0 Å². The molecule has 1 heterocycles. The Hall–Kier alpha value is -1.07. The van der Waals surface area contributed by atoms with Gasteiger partial charge in [0.15, 0.2) is 0 Å². The number of nitrogens with zero attached hydrogens (tertiary/aromatic N) is 1. The Labute approximate surface area is 169 Å². The topological polar surface area (TPSA) is 24.5 Å². The fraction of sp³-hybridized carbons (Fsp3) is 0.429. The molecule has 1 saturated heterocycles. The van der Waals surface area contributed by atoms with Crippen molar-refractivity contribution in [3.63, 3.8) is 0 Å². The van der Waals surface area contributed by atoms with Crippen LogP contribution in [0, 0.1) is 0 Å². The number of hydrogen-bond donors (Lipinski definition) is 1. The van der Waals surface area contributed by atoms with Crippen molar-refractivity contribution in [1.82, 2.24) is 10.2 Å². The summed E-state index contributed by atoms with van der Waals surface area (Å²) in [6.07, 6.45) is 2.60. The van der Waals surface area contributed by atoms with Crippen LogP contribution in [0.5, 0.6) is 5.75 Å². The minimum atomic E-state index is 0.473. The van der Waals surface area contributed by atoms with Gasteiger partial charge in [-0.15, -0.1) is 0 Å². The second kappa shape index (κ2) is 9.75. The van der Waals surface area contributed by atoms with Gasteiger partial charge in [0, 0.05) is 39.8 Å². The second-order valence-corrected chi connectivity index (χ2v) is 8.01. The lowest BCUT2D eigenvalue weighted by atomic mass is 10.1. The van der Waals surface area contributed by atoms with Crippen LogP contribution in [-0.4, -0.2) is 30.6 Å². The molecule has 1 unspecified atom stereocenters. The quantitative estimate of drug-likeness (QED) is 0.610. The first-order valence-electron chi connectivity index (χ1n) is 9.26. The van der Waals surface area contributed by atoms with E-state index >= 15 is 0 Å². The molecule has 1 aliphatic heterocycles. The highest BCUT2D eigenvalue weighted by molar-refractivity contribution is 9.10. The smallest absolute Gasteiger partial charge is 0.124 e. The third kappa shape index (κ3) is 5.23. The van der Waals surface area contributed by atoms with Crippen LogP contribution in [0.2, 0.25) is 5.02 Å². The summed E-state index contributed by atoms with van der Waals surface area (Å²) in [4.78, 5) is 2.56. The van der Waals surface area contributed by atoms with Crippen molar-refractivity contribution in [3.05, 3.63) is 63.1 Å². The lowest BCUT2D eigenvalue weighted by Crippen LogP contribution is -2.37. The molecule has 2 aromatic rings. The number of ether oxygens (including phenoxy) is 1. The van der Waals surface area contributed by atoms with Crippen molar-refractivity contribution in [2.45, 2.75) is 39.0 Å². The van der Waals surface area contributed by atoms with Crippen molar-refractivity contribution in [1.29, 1.82) is 0 Å². The number of rotatable bonds is 8. The first-order valence-corrected chi connectivity index (χ1v) is 10.4. The highest BCUT2D eigenvalue weighted by Gasteiger charge is 2.22. The average molecular weight is 438 g/mol. The van der Waals surface area contributed by atoms with Crippen LogP contribution in [0.15, 0.2) is 46.9 Å². The van der Waals surface area contributed by atoms with E-state index in [-0.39, 0.29) is 0 Å². The molecule has 0 aromatic heterocycles. The molecule has 0 amide bonds. The molecule has 1 atom stereocenters. The van der Waals surface area contributed by atoms with E-state index in [1.165, 1.54) is 19.4 Å². The minimum Gasteiger partial charge on any atom is -0.489 e. The molecule has 1 fully saturated rings. The van der Waals surface area contributed by atoms with Gasteiger partial charge in [0.2, 0.25) is 0 Å². The number of halogens is 2. The normalized spacial score (nSPS) is 17.6. The summed E-state index contributed by atoms with van der Waals surface area (Å²) < 4.78 is 7.13. The Kier molecular flexibility index (Phi) is 7.38. The zero-order valence-electron chi connectivity index (χ0n) is 15.2. The largest absolute Gasteiger partial charge is 0.489 e. The van der Waals surface area contributed by atoms with Gasteiger partial charge in [0.25, 0.3) is 0 Å². The summed E-state index contributed by atoms with van der Waals surface area (Å²) in [5.74, 6) is 0.902. The summed E-state index contributed by atoms with van der Waals surface area (Å²) in [6, 6.07) is 14.6. The highest BCUT2D eigenvalue weighted by Crippen LogP contribution is 2.25. The van der Waals surface area contributed by atoms with Gasteiger partial charge in [-0.3, -0.25) is 4.90 Å². The predicted octanol–water partition coefficient (Wildman–Crippen LogP) is 5.26. The molecule has 26 heavy (non-hydrogen) atoms. The average Bonchev–Trinajstić information content (AvgIpc) is 3.10. The standard InChI is InChI=1S/C21H26BrClN2O/c1-2-25-11-5-7-19(25)14-24-13-17-12-18(22)9-10-21(17)26-15-16-6-3-4-8-20(16)23/h3-4,6,8-10,12,19,24H,2,5,7,11,13-15H2,1H3. The number of benzene rings is 2. The summed E-state index contributed by atoms with van der Waals surface area (Å²) in [6.45, 7) is 6.89. The van der Waals surface area contributed by atoms with Gasteiger partial charge < -0.3 is 10.1 Å². The molecule has 0 bridgehead atoms. The van der Waals surface area contributed by atoms with Gasteiger partial charge >= 0.3 is 0 Å². The molecule has 1 aliphatic rings. The fourth-order valence-corrected chi connectivity index (χ4v) is 4.11. The fourth-order valence-electron chi connectivity index (χ4n) is 3.51. The molecule has 0 radical (unpaired) electrons. The monoisotopic (exact) mass is 436 g/mol. The van der Waals surface area contributed by atoms with Crippen molar-refractivity contribution in [2.75, 3.05) is 19.6 Å². The molecule has 3 rings (SSSR count). The van der Waals surface area contributed by atoms with E-state index in [4.69, 9.17) is 16.3 Å². The Morgan fingerprint density at radius 1 is 1.23 bits per heavy atom. The molecular formula is C21H26BrClN2O. The van der Waals surface area contributed by atoms with Gasteiger partial charge in [0.05, 0.1) is 0 Å². The Morgan fingerprint density at radius 3 is 2.88 bits per heavy atom. The molecule has 2 aromatic carbocycles. The summed E-state index contributed by atoms with van der Waals surface area (Å²) in [5.41, 5.74) is 2.16. The molecule has 3 nitrogen and oxygen atoms in total. The first kappa shape index (κ1) is 19.7. The van der Waals surface area contributed by atoms with Crippen LogP contribution in [0.4, 0.5) is 0 Å². The lowest BCUT2D eigenvalue weighted by Gasteiger charge is -2.23. The summed E-state index contributed by atoms with van der Waals surface area (Å²) >= 11 is 9.80. The van der Waals surface area contributed by atoms with Crippen molar-refractivity contribution >= 4 is 27.5 Å². The van der Waals surface area contributed by atoms with E-state index in [1.807, 2.05) is 36.4 Å². The maximum absolute atomic E-state index is 6.23. The first-order chi connectivity index (χ1) is 12.7. The van der Waals surface area contributed by atoms with Crippen molar-refractivity contribution < 1.29 is 4.74 Å². The Morgan fingerprint density at radius 2 is 2.08 bits per heavy atom. The van der Waals surface area contributed by atoms with Crippen LogP contribution in [0.3, 0.4) is 0 Å². The van der Waals surface area contributed by atoms with Crippen LogP contribution in [-0.2, 0) is 13.2 Å². The third-order valence-electron chi connectivity index (χ3n) is 4.96.